The smallest absolute Gasteiger partial charge is 0.410 e. The molecule has 1 fully saturated rings. The second-order valence-electron chi connectivity index (χ2n) is 7.81. The van der Waals surface area contributed by atoms with E-state index in [0.717, 1.165) is 28.9 Å². The van der Waals surface area contributed by atoms with Crippen LogP contribution in [0.5, 0.6) is 0 Å². The number of halogens is 1. The average Bonchev–Trinajstić information content (AvgIpc) is 3.13. The van der Waals surface area contributed by atoms with E-state index in [9.17, 15) is 4.79 Å². The second kappa shape index (κ2) is 6.53. The third-order valence-corrected chi connectivity index (χ3v) is 6.10. The summed E-state index contributed by atoms with van der Waals surface area (Å²) in [5, 5.41) is 1.46. The number of anilines is 1. The molecule has 2 aromatic heterocycles. The summed E-state index contributed by atoms with van der Waals surface area (Å²) in [7, 11) is 0. The summed E-state index contributed by atoms with van der Waals surface area (Å²) in [4.78, 5) is 27.7. The van der Waals surface area contributed by atoms with Crippen LogP contribution in [0.4, 0.5) is 10.6 Å². The van der Waals surface area contributed by atoms with Crippen LogP contribution < -0.4 is 4.90 Å². The van der Waals surface area contributed by atoms with Gasteiger partial charge in [0.15, 0.2) is 0 Å². The highest BCUT2D eigenvalue weighted by molar-refractivity contribution is 7.19. The van der Waals surface area contributed by atoms with E-state index in [0.29, 0.717) is 31.5 Å². The van der Waals surface area contributed by atoms with Crippen molar-refractivity contribution in [1.29, 1.82) is 0 Å². The van der Waals surface area contributed by atoms with Crippen molar-refractivity contribution in [3.63, 3.8) is 0 Å². The fourth-order valence-electron chi connectivity index (χ4n) is 3.61. The quantitative estimate of drug-likeness (QED) is 0.687. The lowest BCUT2D eigenvalue weighted by Crippen LogP contribution is -2.50. The van der Waals surface area contributed by atoms with Crippen LogP contribution in [-0.2, 0) is 17.6 Å². The molecule has 140 valence electrons. The van der Waals surface area contributed by atoms with Gasteiger partial charge in [-0.05, 0) is 57.2 Å². The van der Waals surface area contributed by atoms with Gasteiger partial charge in [-0.1, -0.05) is 0 Å². The average molecular weight is 395 g/mol. The zero-order chi connectivity index (χ0) is 18.5. The number of piperazine rings is 1. The SMILES string of the molecule is CC(C)(C)OC(=O)N1CCN(c2nc(Cl)nc3sc4c(c23)CCC4)CC1. The molecule has 1 saturated heterocycles. The van der Waals surface area contributed by atoms with Gasteiger partial charge in [-0.2, -0.15) is 4.98 Å². The second-order valence-corrected chi connectivity index (χ2v) is 9.23. The zero-order valence-corrected chi connectivity index (χ0v) is 16.9. The number of hydrogen-bond donors (Lipinski definition) is 0. The highest BCUT2D eigenvalue weighted by Crippen LogP contribution is 2.41. The Morgan fingerprint density at radius 1 is 1.15 bits per heavy atom. The molecule has 8 heteroatoms. The Morgan fingerprint density at radius 2 is 1.88 bits per heavy atom. The van der Waals surface area contributed by atoms with Gasteiger partial charge in [-0.15, -0.1) is 11.3 Å². The van der Waals surface area contributed by atoms with Crippen LogP contribution in [0.15, 0.2) is 0 Å². The molecule has 0 atom stereocenters. The first-order chi connectivity index (χ1) is 12.3. The fourth-order valence-corrected chi connectivity index (χ4v) is 5.08. The Bertz CT molecular complexity index is 853. The molecule has 4 rings (SSSR count). The van der Waals surface area contributed by atoms with E-state index in [1.54, 1.807) is 16.2 Å². The first-order valence-electron chi connectivity index (χ1n) is 9.02. The largest absolute Gasteiger partial charge is 0.444 e. The van der Waals surface area contributed by atoms with Crippen LogP contribution >= 0.6 is 22.9 Å². The standard InChI is InChI=1S/C18H23ClN4O2S/c1-18(2,3)25-17(24)23-9-7-22(8-10-23)14-13-11-5-4-6-12(11)26-15(13)21-16(19)20-14/h4-10H2,1-3H3. The molecule has 0 bridgehead atoms. The number of aryl methyl sites for hydroxylation is 2. The van der Waals surface area contributed by atoms with Gasteiger partial charge >= 0.3 is 6.09 Å². The summed E-state index contributed by atoms with van der Waals surface area (Å²) in [5.41, 5.74) is 0.920. The van der Waals surface area contributed by atoms with Crippen molar-refractivity contribution < 1.29 is 9.53 Å². The van der Waals surface area contributed by atoms with Gasteiger partial charge in [0.2, 0.25) is 5.28 Å². The van der Waals surface area contributed by atoms with Gasteiger partial charge in [0.25, 0.3) is 0 Å². The van der Waals surface area contributed by atoms with Crippen LogP contribution in [0.2, 0.25) is 5.28 Å². The number of hydrogen-bond acceptors (Lipinski definition) is 6. The predicted molar refractivity (Wildman–Crippen MR) is 104 cm³/mol. The molecule has 0 spiro atoms. The van der Waals surface area contributed by atoms with Gasteiger partial charge in [-0.25, -0.2) is 9.78 Å². The maximum atomic E-state index is 12.3. The fraction of sp³-hybridized carbons (Fsp3) is 0.611. The summed E-state index contributed by atoms with van der Waals surface area (Å²) in [6, 6.07) is 0. The first-order valence-corrected chi connectivity index (χ1v) is 10.2. The van der Waals surface area contributed by atoms with Gasteiger partial charge in [0.1, 0.15) is 16.2 Å². The van der Waals surface area contributed by atoms with E-state index < -0.39 is 5.60 Å². The molecule has 2 aliphatic rings. The predicted octanol–water partition coefficient (Wildman–Crippen LogP) is 3.89. The molecule has 0 saturated carbocycles. The number of amides is 1. The maximum absolute atomic E-state index is 12.3. The summed E-state index contributed by atoms with van der Waals surface area (Å²) in [6.07, 6.45) is 3.16. The highest BCUT2D eigenvalue weighted by atomic mass is 35.5. The summed E-state index contributed by atoms with van der Waals surface area (Å²) in [5.74, 6) is 0.920. The number of nitrogens with zero attached hydrogens (tertiary/aromatic N) is 4. The van der Waals surface area contributed by atoms with Gasteiger partial charge in [0, 0.05) is 31.1 Å². The van der Waals surface area contributed by atoms with Crippen LogP contribution in [0.3, 0.4) is 0 Å². The van der Waals surface area contributed by atoms with Crippen LogP contribution in [-0.4, -0.2) is 52.7 Å². The van der Waals surface area contributed by atoms with Crippen molar-refractivity contribution in [3.8, 4) is 0 Å². The minimum atomic E-state index is -0.474. The molecule has 3 heterocycles. The van der Waals surface area contributed by atoms with Crippen molar-refractivity contribution >= 4 is 45.1 Å². The lowest BCUT2D eigenvalue weighted by atomic mass is 10.1. The Morgan fingerprint density at radius 3 is 2.58 bits per heavy atom. The molecule has 0 aromatic carbocycles. The molecular formula is C18H23ClN4O2S. The molecule has 0 unspecified atom stereocenters. The van der Waals surface area contributed by atoms with E-state index in [-0.39, 0.29) is 6.09 Å². The van der Waals surface area contributed by atoms with Crippen molar-refractivity contribution in [2.45, 2.75) is 45.6 Å². The lowest BCUT2D eigenvalue weighted by molar-refractivity contribution is 0.0240. The van der Waals surface area contributed by atoms with Crippen molar-refractivity contribution in [1.82, 2.24) is 14.9 Å². The molecule has 0 N–H and O–H groups in total. The molecule has 0 radical (unpaired) electrons. The molecular weight excluding hydrogens is 372 g/mol. The number of aromatic nitrogens is 2. The number of carbonyl (C=O) groups is 1. The minimum absolute atomic E-state index is 0.251. The van der Waals surface area contributed by atoms with E-state index in [2.05, 4.69) is 14.9 Å². The van der Waals surface area contributed by atoms with Crippen LogP contribution in [0.25, 0.3) is 10.2 Å². The van der Waals surface area contributed by atoms with Crippen molar-refractivity contribution in [3.05, 3.63) is 15.7 Å². The van der Waals surface area contributed by atoms with E-state index in [4.69, 9.17) is 16.3 Å². The molecule has 1 amide bonds. The van der Waals surface area contributed by atoms with Crippen molar-refractivity contribution in [2.24, 2.45) is 0 Å². The number of rotatable bonds is 1. The third kappa shape index (κ3) is 3.34. The highest BCUT2D eigenvalue weighted by Gasteiger charge is 2.29. The number of fused-ring (bicyclic) bond motifs is 3. The minimum Gasteiger partial charge on any atom is -0.444 e. The molecule has 1 aliphatic heterocycles. The van der Waals surface area contributed by atoms with E-state index in [1.165, 1.54) is 16.9 Å². The van der Waals surface area contributed by atoms with Crippen molar-refractivity contribution in [2.75, 3.05) is 31.1 Å². The Labute approximate surface area is 162 Å². The van der Waals surface area contributed by atoms with Crippen LogP contribution in [0, 0.1) is 0 Å². The Kier molecular flexibility index (Phi) is 4.47. The van der Waals surface area contributed by atoms with Gasteiger partial charge in [0.05, 0.1) is 5.39 Å². The van der Waals surface area contributed by atoms with Gasteiger partial charge in [-0.3, -0.25) is 0 Å². The normalized spacial score (nSPS) is 17.7. The maximum Gasteiger partial charge on any atom is 0.410 e. The third-order valence-electron chi connectivity index (χ3n) is 4.75. The Balaban J connectivity index is 1.56. The first kappa shape index (κ1) is 17.8. The number of thiophene rings is 1. The molecule has 6 nitrogen and oxygen atoms in total. The summed E-state index contributed by atoms with van der Waals surface area (Å²) in [6.45, 7) is 8.32. The Hall–Kier alpha value is -1.60. The number of ether oxygens (including phenoxy) is 1. The molecule has 26 heavy (non-hydrogen) atoms. The zero-order valence-electron chi connectivity index (χ0n) is 15.3. The molecule has 1 aliphatic carbocycles. The lowest BCUT2D eigenvalue weighted by Gasteiger charge is -2.36. The summed E-state index contributed by atoms with van der Waals surface area (Å²) < 4.78 is 5.48. The topological polar surface area (TPSA) is 58.6 Å². The number of carbonyl (C=O) groups excluding carboxylic acids is 1. The van der Waals surface area contributed by atoms with Gasteiger partial charge < -0.3 is 14.5 Å². The monoisotopic (exact) mass is 394 g/mol. The molecule has 2 aromatic rings. The van der Waals surface area contributed by atoms with E-state index >= 15 is 0 Å². The summed E-state index contributed by atoms with van der Waals surface area (Å²) >= 11 is 7.93. The van der Waals surface area contributed by atoms with E-state index in [1.807, 2.05) is 20.8 Å². The van der Waals surface area contributed by atoms with Crippen LogP contribution in [0.1, 0.15) is 37.6 Å².